The minimum Gasteiger partial charge on any atom is -0.464 e. The molecule has 2 aromatic rings. The van der Waals surface area contributed by atoms with E-state index in [4.69, 9.17) is 4.74 Å². The molecule has 0 saturated heterocycles. The van der Waals surface area contributed by atoms with Crippen molar-refractivity contribution in [3.8, 4) is 0 Å². The molecule has 0 unspecified atom stereocenters. The average molecular weight is 233 g/mol. The highest BCUT2D eigenvalue weighted by Crippen LogP contribution is 2.12. The van der Waals surface area contributed by atoms with E-state index in [1.165, 1.54) is 7.11 Å². The topological polar surface area (TPSA) is 46.8 Å². The highest BCUT2D eigenvalue weighted by molar-refractivity contribution is 5.88. The van der Waals surface area contributed by atoms with Crippen LogP contribution in [0.1, 0.15) is 16.2 Å². The standard InChI is InChI=1S/C12H15N3O2/c1-14(2)8-9-7-13-11-6-4-5-10(15(9)11)12(16)17-3/h4-7H,8H2,1-3H3. The smallest absolute Gasteiger partial charge is 0.355 e. The second-order valence-corrected chi connectivity index (χ2v) is 4.08. The largest absolute Gasteiger partial charge is 0.464 e. The summed E-state index contributed by atoms with van der Waals surface area (Å²) in [5.41, 5.74) is 2.22. The second-order valence-electron chi connectivity index (χ2n) is 4.08. The van der Waals surface area contributed by atoms with Gasteiger partial charge in [-0.05, 0) is 26.2 Å². The Bertz CT molecular complexity index is 546. The Morgan fingerprint density at radius 2 is 2.24 bits per heavy atom. The highest BCUT2D eigenvalue weighted by Gasteiger charge is 2.13. The summed E-state index contributed by atoms with van der Waals surface area (Å²) in [6.45, 7) is 0.717. The van der Waals surface area contributed by atoms with Gasteiger partial charge in [-0.3, -0.25) is 4.40 Å². The monoisotopic (exact) mass is 233 g/mol. The van der Waals surface area contributed by atoms with Crippen molar-refractivity contribution < 1.29 is 9.53 Å². The summed E-state index contributed by atoms with van der Waals surface area (Å²) in [5, 5.41) is 0. The molecule has 0 N–H and O–H groups in total. The maximum absolute atomic E-state index is 11.7. The molecular weight excluding hydrogens is 218 g/mol. The molecule has 2 aromatic heterocycles. The van der Waals surface area contributed by atoms with Crippen LogP contribution in [0, 0.1) is 0 Å². The van der Waals surface area contributed by atoms with Crippen molar-refractivity contribution in [2.75, 3.05) is 21.2 Å². The minimum atomic E-state index is -0.353. The lowest BCUT2D eigenvalue weighted by Gasteiger charge is -2.11. The van der Waals surface area contributed by atoms with E-state index < -0.39 is 0 Å². The Kier molecular flexibility index (Phi) is 3.10. The number of imidazole rings is 1. The van der Waals surface area contributed by atoms with Gasteiger partial charge in [0.2, 0.25) is 0 Å². The van der Waals surface area contributed by atoms with Gasteiger partial charge in [0.05, 0.1) is 19.0 Å². The lowest BCUT2D eigenvalue weighted by molar-refractivity contribution is 0.0591. The molecule has 5 heteroatoms. The van der Waals surface area contributed by atoms with Gasteiger partial charge in [-0.15, -0.1) is 0 Å². The molecule has 0 bridgehead atoms. The van der Waals surface area contributed by atoms with Crippen molar-refractivity contribution in [2.45, 2.75) is 6.54 Å². The average Bonchev–Trinajstić information content (AvgIpc) is 2.71. The summed E-state index contributed by atoms with van der Waals surface area (Å²) in [7, 11) is 5.32. The number of pyridine rings is 1. The maximum atomic E-state index is 11.7. The molecule has 2 rings (SSSR count). The van der Waals surface area contributed by atoms with Crippen LogP contribution in [0.2, 0.25) is 0 Å². The van der Waals surface area contributed by atoms with E-state index in [-0.39, 0.29) is 5.97 Å². The molecule has 0 fully saturated rings. The Morgan fingerprint density at radius 1 is 1.47 bits per heavy atom. The molecule has 0 atom stereocenters. The number of carbonyl (C=O) groups is 1. The molecule has 2 heterocycles. The summed E-state index contributed by atoms with van der Waals surface area (Å²) < 4.78 is 6.60. The van der Waals surface area contributed by atoms with Gasteiger partial charge in [0.1, 0.15) is 11.3 Å². The van der Waals surface area contributed by atoms with E-state index in [1.54, 1.807) is 18.3 Å². The number of ether oxygens (including phenoxy) is 1. The number of nitrogens with zero attached hydrogens (tertiary/aromatic N) is 3. The van der Waals surface area contributed by atoms with Crippen molar-refractivity contribution in [1.82, 2.24) is 14.3 Å². The van der Waals surface area contributed by atoms with Crippen LogP contribution < -0.4 is 0 Å². The number of rotatable bonds is 3. The maximum Gasteiger partial charge on any atom is 0.355 e. The number of aromatic nitrogens is 2. The van der Waals surface area contributed by atoms with E-state index in [0.29, 0.717) is 5.69 Å². The van der Waals surface area contributed by atoms with Crippen LogP contribution in [-0.4, -0.2) is 41.5 Å². The second kappa shape index (κ2) is 4.55. The predicted molar refractivity (Wildman–Crippen MR) is 63.9 cm³/mol. The normalized spacial score (nSPS) is 11.1. The summed E-state index contributed by atoms with van der Waals surface area (Å²) in [6.07, 6.45) is 1.78. The molecule has 5 nitrogen and oxygen atoms in total. The first kappa shape index (κ1) is 11.6. The number of methoxy groups -OCH3 is 1. The van der Waals surface area contributed by atoms with Crippen LogP contribution in [0.4, 0.5) is 0 Å². The fourth-order valence-corrected chi connectivity index (χ4v) is 1.80. The molecule has 0 aliphatic carbocycles. The van der Waals surface area contributed by atoms with Crippen molar-refractivity contribution in [1.29, 1.82) is 0 Å². The number of fused-ring (bicyclic) bond motifs is 1. The molecule has 0 amide bonds. The summed E-state index contributed by atoms with van der Waals surface area (Å²) in [4.78, 5) is 18.0. The number of esters is 1. The Labute approximate surface area is 99.6 Å². The van der Waals surface area contributed by atoms with Gasteiger partial charge < -0.3 is 9.64 Å². The van der Waals surface area contributed by atoms with Gasteiger partial charge in [-0.1, -0.05) is 6.07 Å². The zero-order valence-corrected chi connectivity index (χ0v) is 10.2. The van der Waals surface area contributed by atoms with Crippen molar-refractivity contribution in [3.63, 3.8) is 0 Å². The van der Waals surface area contributed by atoms with Gasteiger partial charge >= 0.3 is 5.97 Å². The molecule has 0 saturated carbocycles. The van der Waals surface area contributed by atoms with Gasteiger partial charge in [-0.2, -0.15) is 0 Å². The summed E-state index contributed by atoms with van der Waals surface area (Å²) >= 11 is 0. The van der Waals surface area contributed by atoms with Gasteiger partial charge in [0.15, 0.2) is 0 Å². The van der Waals surface area contributed by atoms with Crippen molar-refractivity contribution >= 4 is 11.6 Å². The number of hydrogen-bond acceptors (Lipinski definition) is 4. The summed E-state index contributed by atoms with van der Waals surface area (Å²) in [5.74, 6) is -0.353. The van der Waals surface area contributed by atoms with E-state index in [9.17, 15) is 4.79 Å². The first-order valence-corrected chi connectivity index (χ1v) is 5.32. The van der Waals surface area contributed by atoms with Crippen LogP contribution in [0.3, 0.4) is 0 Å². The van der Waals surface area contributed by atoms with E-state index in [2.05, 4.69) is 4.98 Å². The van der Waals surface area contributed by atoms with Crippen LogP contribution in [-0.2, 0) is 11.3 Å². The fourth-order valence-electron chi connectivity index (χ4n) is 1.80. The van der Waals surface area contributed by atoms with Gasteiger partial charge in [0.25, 0.3) is 0 Å². The molecule has 0 spiro atoms. The molecule has 17 heavy (non-hydrogen) atoms. The lowest BCUT2D eigenvalue weighted by Crippen LogP contribution is -2.15. The van der Waals surface area contributed by atoms with Gasteiger partial charge in [-0.25, -0.2) is 9.78 Å². The van der Waals surface area contributed by atoms with E-state index in [1.807, 2.05) is 29.5 Å². The fraction of sp³-hybridized carbons (Fsp3) is 0.333. The Morgan fingerprint density at radius 3 is 2.88 bits per heavy atom. The van der Waals surface area contributed by atoms with Crippen LogP contribution >= 0.6 is 0 Å². The third kappa shape index (κ3) is 2.14. The predicted octanol–water partition coefficient (Wildman–Crippen LogP) is 1.18. The SMILES string of the molecule is COC(=O)c1cccc2ncc(CN(C)C)n12. The molecule has 0 radical (unpaired) electrons. The van der Waals surface area contributed by atoms with Crippen LogP contribution in [0.15, 0.2) is 24.4 Å². The molecule has 90 valence electrons. The third-order valence-electron chi connectivity index (χ3n) is 2.48. The van der Waals surface area contributed by atoms with Crippen molar-refractivity contribution in [3.05, 3.63) is 35.8 Å². The molecule has 0 aliphatic heterocycles. The first-order chi connectivity index (χ1) is 8.13. The summed E-state index contributed by atoms with van der Waals surface area (Å²) in [6, 6.07) is 5.40. The Hall–Kier alpha value is -1.88. The minimum absolute atomic E-state index is 0.353. The van der Waals surface area contributed by atoms with E-state index >= 15 is 0 Å². The zero-order chi connectivity index (χ0) is 12.4. The van der Waals surface area contributed by atoms with Crippen LogP contribution in [0.25, 0.3) is 5.65 Å². The van der Waals surface area contributed by atoms with E-state index in [0.717, 1.165) is 17.9 Å². The molecule has 0 aliphatic rings. The zero-order valence-electron chi connectivity index (χ0n) is 10.2. The number of hydrogen-bond donors (Lipinski definition) is 0. The molecule has 0 aromatic carbocycles. The van der Waals surface area contributed by atoms with Crippen LogP contribution in [0.5, 0.6) is 0 Å². The number of carbonyl (C=O) groups excluding carboxylic acids is 1. The van der Waals surface area contributed by atoms with Crippen molar-refractivity contribution in [2.24, 2.45) is 0 Å². The quantitative estimate of drug-likeness (QED) is 0.747. The highest BCUT2D eigenvalue weighted by atomic mass is 16.5. The Balaban J connectivity index is 2.59. The first-order valence-electron chi connectivity index (χ1n) is 5.32. The molecular formula is C12H15N3O2. The van der Waals surface area contributed by atoms with Gasteiger partial charge in [0, 0.05) is 6.54 Å². The third-order valence-corrected chi connectivity index (χ3v) is 2.48. The lowest BCUT2D eigenvalue weighted by atomic mass is 10.3.